The smallest absolute Gasteiger partial charge is 0.303 e. The summed E-state index contributed by atoms with van der Waals surface area (Å²) in [6.07, 6.45) is -0.411. The number of hydrogen-bond acceptors (Lipinski definition) is 3. The van der Waals surface area contributed by atoms with Gasteiger partial charge >= 0.3 is 5.97 Å². The summed E-state index contributed by atoms with van der Waals surface area (Å²) in [6.45, 7) is 0. The van der Waals surface area contributed by atoms with Crippen molar-refractivity contribution in [1.29, 1.82) is 5.26 Å². The Morgan fingerprint density at radius 1 is 1.33 bits per heavy atom. The van der Waals surface area contributed by atoms with Gasteiger partial charge in [-0.15, -0.1) is 0 Å². The lowest BCUT2D eigenvalue weighted by atomic mass is 10.1. The van der Waals surface area contributed by atoms with E-state index in [1.807, 2.05) is 6.07 Å². The average Bonchev–Trinajstić information content (AvgIpc) is 2.34. The van der Waals surface area contributed by atoms with Gasteiger partial charge in [0.1, 0.15) is 6.04 Å². The molecule has 0 heterocycles. The van der Waals surface area contributed by atoms with Crippen molar-refractivity contribution < 1.29 is 14.7 Å². The van der Waals surface area contributed by atoms with Crippen molar-refractivity contribution in [2.45, 2.75) is 18.9 Å². The lowest BCUT2D eigenvalue weighted by Gasteiger charge is -2.11. The summed E-state index contributed by atoms with van der Waals surface area (Å²) in [6, 6.07) is 7.63. The van der Waals surface area contributed by atoms with E-state index in [-0.39, 0.29) is 12.8 Å². The summed E-state index contributed by atoms with van der Waals surface area (Å²) in [7, 11) is 0. The van der Waals surface area contributed by atoms with E-state index in [0.717, 1.165) is 0 Å². The summed E-state index contributed by atoms with van der Waals surface area (Å²) in [5, 5.41) is 20.4. The number of carbonyl (C=O) groups is 2. The molecule has 0 aliphatic rings. The number of rotatable bonds is 5. The van der Waals surface area contributed by atoms with Crippen molar-refractivity contribution in [3.63, 3.8) is 0 Å². The number of amides is 1. The molecule has 2 N–H and O–H groups in total. The molecule has 1 aromatic carbocycles. The maximum atomic E-state index is 11.4. The molecule has 5 nitrogen and oxygen atoms in total. The highest BCUT2D eigenvalue weighted by Gasteiger charge is 2.14. The summed E-state index contributed by atoms with van der Waals surface area (Å²) in [5.74, 6) is -1.52. The van der Waals surface area contributed by atoms with Crippen LogP contribution >= 0.6 is 11.6 Å². The van der Waals surface area contributed by atoms with Crippen LogP contribution in [-0.4, -0.2) is 17.0 Å². The minimum atomic E-state index is -1.05. The van der Waals surface area contributed by atoms with E-state index < -0.39 is 17.9 Å². The van der Waals surface area contributed by atoms with Crippen molar-refractivity contribution >= 4 is 23.5 Å². The zero-order valence-corrected chi connectivity index (χ0v) is 10.1. The fourth-order valence-electron chi connectivity index (χ4n) is 1.30. The number of carboxylic acids is 1. The van der Waals surface area contributed by atoms with Crippen LogP contribution in [0.4, 0.5) is 0 Å². The lowest BCUT2D eigenvalue weighted by Crippen LogP contribution is -2.27. The van der Waals surface area contributed by atoms with Gasteiger partial charge in [-0.3, -0.25) is 9.59 Å². The number of nitrogens with zero attached hydrogens (tertiary/aromatic N) is 1. The molecule has 6 heteroatoms. The maximum Gasteiger partial charge on any atom is 0.303 e. The normalized spacial score (nSPS) is 11.3. The molecule has 0 saturated carbocycles. The van der Waals surface area contributed by atoms with Crippen LogP contribution in [-0.2, 0) is 9.59 Å². The quantitative estimate of drug-likeness (QED) is 0.851. The third-order valence-electron chi connectivity index (χ3n) is 2.20. The molecule has 0 radical (unpaired) electrons. The van der Waals surface area contributed by atoms with Gasteiger partial charge in [0.2, 0.25) is 5.91 Å². The van der Waals surface area contributed by atoms with E-state index in [2.05, 4.69) is 5.32 Å². The third-order valence-corrected chi connectivity index (χ3v) is 2.46. The van der Waals surface area contributed by atoms with Crippen LogP contribution in [0.5, 0.6) is 0 Å². The van der Waals surface area contributed by atoms with Crippen molar-refractivity contribution in [1.82, 2.24) is 5.32 Å². The van der Waals surface area contributed by atoms with Crippen LogP contribution < -0.4 is 5.32 Å². The van der Waals surface area contributed by atoms with E-state index in [1.54, 1.807) is 24.3 Å². The van der Waals surface area contributed by atoms with Gasteiger partial charge in [-0.25, -0.2) is 0 Å². The Kier molecular flexibility index (Phi) is 5.15. The van der Waals surface area contributed by atoms with Gasteiger partial charge in [0.25, 0.3) is 0 Å². The Balaban J connectivity index is 2.62. The average molecular weight is 267 g/mol. The Morgan fingerprint density at radius 3 is 2.44 bits per heavy atom. The first-order valence-corrected chi connectivity index (χ1v) is 5.57. The molecule has 0 bridgehead atoms. The molecule has 0 aliphatic carbocycles. The summed E-state index contributed by atoms with van der Waals surface area (Å²) >= 11 is 5.71. The van der Waals surface area contributed by atoms with Crippen LogP contribution in [0.25, 0.3) is 0 Å². The molecule has 1 aromatic rings. The molecule has 1 atom stereocenters. The van der Waals surface area contributed by atoms with Gasteiger partial charge in [0.15, 0.2) is 0 Å². The Hall–Kier alpha value is -2.06. The molecule has 0 fully saturated rings. The first-order valence-electron chi connectivity index (χ1n) is 5.19. The van der Waals surface area contributed by atoms with E-state index >= 15 is 0 Å². The number of nitrogens with one attached hydrogen (secondary N) is 1. The fourth-order valence-corrected chi connectivity index (χ4v) is 1.42. The van der Waals surface area contributed by atoms with Crippen LogP contribution in [0.15, 0.2) is 24.3 Å². The summed E-state index contributed by atoms with van der Waals surface area (Å²) in [5.41, 5.74) is 0.602. The van der Waals surface area contributed by atoms with Crippen LogP contribution in [0.3, 0.4) is 0 Å². The predicted molar refractivity (Wildman–Crippen MR) is 64.8 cm³/mol. The van der Waals surface area contributed by atoms with Gasteiger partial charge < -0.3 is 10.4 Å². The second-order valence-corrected chi connectivity index (χ2v) is 4.01. The lowest BCUT2D eigenvalue weighted by molar-refractivity contribution is -0.138. The number of carboxylic acid groups (broad SMARTS) is 1. The zero-order valence-electron chi connectivity index (χ0n) is 9.39. The van der Waals surface area contributed by atoms with Crippen LogP contribution in [0.1, 0.15) is 24.4 Å². The number of benzene rings is 1. The largest absolute Gasteiger partial charge is 0.481 e. The van der Waals surface area contributed by atoms with Gasteiger partial charge in [-0.05, 0) is 17.7 Å². The van der Waals surface area contributed by atoms with Gasteiger partial charge in [0, 0.05) is 11.4 Å². The molecule has 0 spiro atoms. The van der Waals surface area contributed by atoms with E-state index in [0.29, 0.717) is 10.6 Å². The van der Waals surface area contributed by atoms with E-state index in [4.69, 9.17) is 22.0 Å². The highest BCUT2D eigenvalue weighted by Crippen LogP contribution is 2.16. The number of halogens is 1. The van der Waals surface area contributed by atoms with Crippen LogP contribution in [0.2, 0.25) is 5.02 Å². The first kappa shape index (κ1) is 14.0. The van der Waals surface area contributed by atoms with Gasteiger partial charge in [-0.2, -0.15) is 5.26 Å². The number of nitriles is 1. The van der Waals surface area contributed by atoms with Crippen molar-refractivity contribution in [2.24, 2.45) is 0 Å². The highest BCUT2D eigenvalue weighted by atomic mass is 35.5. The molecule has 0 saturated heterocycles. The molecule has 1 rings (SSSR count). The fraction of sp³-hybridized carbons (Fsp3) is 0.250. The molecular weight excluding hydrogens is 256 g/mol. The molecular formula is C12H11ClN2O3. The second-order valence-electron chi connectivity index (χ2n) is 3.57. The maximum absolute atomic E-state index is 11.4. The van der Waals surface area contributed by atoms with Crippen molar-refractivity contribution in [3.05, 3.63) is 34.9 Å². The minimum Gasteiger partial charge on any atom is -0.481 e. The number of hydrogen-bond donors (Lipinski definition) is 2. The summed E-state index contributed by atoms with van der Waals surface area (Å²) in [4.78, 5) is 21.7. The topological polar surface area (TPSA) is 90.2 Å². The molecule has 18 heavy (non-hydrogen) atoms. The molecule has 0 aliphatic heterocycles. The number of aliphatic carboxylic acids is 1. The van der Waals surface area contributed by atoms with E-state index in [9.17, 15) is 9.59 Å². The summed E-state index contributed by atoms with van der Waals surface area (Å²) < 4.78 is 0. The SMILES string of the molecule is N#CC(NC(=O)CCC(=O)O)c1ccc(Cl)cc1. The van der Waals surface area contributed by atoms with Crippen molar-refractivity contribution in [3.8, 4) is 6.07 Å². The minimum absolute atomic E-state index is 0.152. The monoisotopic (exact) mass is 266 g/mol. The Bertz CT molecular complexity index is 479. The third kappa shape index (κ3) is 4.44. The number of carbonyl (C=O) groups excluding carboxylic acids is 1. The first-order chi connectivity index (χ1) is 8.52. The zero-order chi connectivity index (χ0) is 13.5. The molecule has 1 amide bonds. The molecule has 1 unspecified atom stereocenters. The van der Waals surface area contributed by atoms with E-state index in [1.165, 1.54) is 0 Å². The predicted octanol–water partition coefficient (Wildman–Crippen LogP) is 1.89. The Labute approximate surface area is 109 Å². The molecule has 0 aromatic heterocycles. The Morgan fingerprint density at radius 2 is 1.94 bits per heavy atom. The van der Waals surface area contributed by atoms with Crippen molar-refractivity contribution in [2.75, 3.05) is 0 Å². The standard InChI is InChI=1S/C12H11ClN2O3/c13-9-3-1-8(2-4-9)10(7-14)15-11(16)5-6-12(17)18/h1-4,10H,5-6H2,(H,15,16)(H,17,18). The second kappa shape index (κ2) is 6.62. The highest BCUT2D eigenvalue weighted by molar-refractivity contribution is 6.30. The van der Waals surface area contributed by atoms with Gasteiger partial charge in [-0.1, -0.05) is 23.7 Å². The van der Waals surface area contributed by atoms with Gasteiger partial charge in [0.05, 0.1) is 12.5 Å². The van der Waals surface area contributed by atoms with Crippen LogP contribution in [0, 0.1) is 11.3 Å². The molecule has 94 valence electrons.